The lowest BCUT2D eigenvalue weighted by atomic mass is 10.4. The van der Waals surface area contributed by atoms with Crippen molar-refractivity contribution < 1.29 is 24.8 Å². The number of halogens is 1. The Bertz CT molecular complexity index is 179. The Hall–Kier alpha value is -0.490. The number of nitrogens with zero attached hydrogens (tertiary/aromatic N) is 3. The Labute approximate surface area is 93.4 Å². The molecule has 7 heteroatoms. The first-order valence-corrected chi connectivity index (χ1v) is 5.43. The summed E-state index contributed by atoms with van der Waals surface area (Å²) in [7, 11) is 1.52. The van der Waals surface area contributed by atoms with Crippen molar-refractivity contribution in [1.82, 2.24) is 4.90 Å². The lowest BCUT2D eigenvalue weighted by molar-refractivity contribution is -1.63. The van der Waals surface area contributed by atoms with Crippen LogP contribution in [-0.4, -0.2) is 49.3 Å². The topological polar surface area (TPSA) is 94.3 Å². The third-order valence-corrected chi connectivity index (χ3v) is 1.17. The molecule has 0 rings (SSSR count). The van der Waals surface area contributed by atoms with E-state index in [4.69, 9.17) is 14.0 Å². The lowest BCUT2D eigenvalue weighted by Crippen LogP contribution is -2.30. The normalized spacial score (nSPS) is 9.33. The molecule has 15 heavy (non-hydrogen) atoms. The summed E-state index contributed by atoms with van der Waals surface area (Å²) in [6.45, 7) is 4.67. The van der Waals surface area contributed by atoms with Gasteiger partial charge in [-0.05, 0) is 34.0 Å². The zero-order chi connectivity index (χ0) is 12.1. The molecule has 0 saturated carbocycles. The molecule has 0 aliphatic carbocycles. The van der Waals surface area contributed by atoms with Crippen LogP contribution in [0.3, 0.4) is 0 Å². The van der Waals surface area contributed by atoms with E-state index in [1.165, 1.54) is 0 Å². The maximum absolute atomic E-state index is 8.52. The highest BCUT2D eigenvalue weighted by molar-refractivity contribution is 5.40. The molecule has 0 aromatic carbocycles. The molecule has 0 saturated heterocycles. The average Bonchev–Trinajstić information content (AvgIpc) is 2.09. The molecule has 1 N–H and O–H groups in total. The molecule has 0 heterocycles. The van der Waals surface area contributed by atoms with Gasteiger partial charge in [0.2, 0.25) is 0 Å². The van der Waals surface area contributed by atoms with Crippen LogP contribution >= 0.6 is 0 Å². The Kier molecular flexibility index (Phi) is 15.2. The van der Waals surface area contributed by atoms with Gasteiger partial charge in [-0.15, -0.1) is 0 Å². The summed E-state index contributed by atoms with van der Waals surface area (Å²) < 4.78 is 24.0. The summed E-state index contributed by atoms with van der Waals surface area (Å²) in [6, 6.07) is 2.64. The Balaban J connectivity index is 0. The highest BCUT2D eigenvalue weighted by Gasteiger charge is 1.86. The van der Waals surface area contributed by atoms with Crippen molar-refractivity contribution in [3.63, 3.8) is 0 Å². The van der Waals surface area contributed by atoms with E-state index in [0.29, 0.717) is 0 Å². The van der Waals surface area contributed by atoms with E-state index in [0.717, 1.165) is 26.1 Å². The quantitative estimate of drug-likeness (QED) is 0.452. The van der Waals surface area contributed by atoms with E-state index in [1.807, 2.05) is 6.92 Å². The van der Waals surface area contributed by atoms with E-state index in [-0.39, 0.29) is 0 Å². The van der Waals surface area contributed by atoms with Crippen LogP contribution in [0.2, 0.25) is 0 Å². The summed E-state index contributed by atoms with van der Waals surface area (Å²) in [4.78, 5) is 9.99. The average molecular weight is 240 g/mol. The first-order chi connectivity index (χ1) is 7.00. The van der Waals surface area contributed by atoms with E-state index in [2.05, 4.69) is 35.0 Å². The molecular weight excluding hydrogens is 222 g/mol. The number of aliphatic imine (C=N–C) groups is 2. The van der Waals surface area contributed by atoms with Crippen LogP contribution in [0.5, 0.6) is 0 Å². The smallest absolute Gasteiger partial charge is 0.282 e. The molecule has 0 atom stereocenters. The van der Waals surface area contributed by atoms with Crippen molar-refractivity contribution in [2.75, 3.05) is 33.7 Å². The predicted molar refractivity (Wildman–Crippen MR) is 50.7 cm³/mol. The SMILES string of the molecule is CCN=C=NCCCN(C)C.[O-][Cl+2]([O-])O. The van der Waals surface area contributed by atoms with Gasteiger partial charge >= 0.3 is 0 Å². The van der Waals surface area contributed by atoms with Gasteiger partial charge in [-0.25, -0.2) is 9.98 Å². The van der Waals surface area contributed by atoms with Gasteiger partial charge in [0.15, 0.2) is 0 Å². The fourth-order valence-electron chi connectivity index (χ4n) is 0.637. The van der Waals surface area contributed by atoms with Crippen LogP contribution in [0.25, 0.3) is 0 Å². The van der Waals surface area contributed by atoms with Crippen LogP contribution in [0, 0.1) is 10.8 Å². The summed E-state index contributed by atoms with van der Waals surface area (Å²) >= 11 is 0. The zero-order valence-electron chi connectivity index (χ0n) is 9.31. The first kappa shape index (κ1) is 16.9. The van der Waals surface area contributed by atoms with Crippen molar-refractivity contribution >= 4 is 6.01 Å². The second-order valence-corrected chi connectivity index (χ2v) is 3.22. The number of hydrogen-bond acceptors (Lipinski definition) is 6. The van der Waals surface area contributed by atoms with E-state index in [1.54, 1.807) is 0 Å². The fourth-order valence-corrected chi connectivity index (χ4v) is 0.637. The van der Waals surface area contributed by atoms with Crippen LogP contribution in [-0.2, 0) is 0 Å². The van der Waals surface area contributed by atoms with E-state index < -0.39 is 10.8 Å². The third-order valence-electron chi connectivity index (χ3n) is 1.17. The fraction of sp³-hybridized carbons (Fsp3) is 0.875. The number of hydrogen-bond donors (Lipinski definition) is 1. The van der Waals surface area contributed by atoms with Crippen molar-refractivity contribution in [1.29, 1.82) is 0 Å². The Morgan fingerprint density at radius 1 is 1.33 bits per heavy atom. The van der Waals surface area contributed by atoms with Gasteiger partial charge < -0.3 is 14.2 Å². The largest absolute Gasteiger partial charge is 0.321 e. The van der Waals surface area contributed by atoms with Crippen molar-refractivity contribution in [3.8, 4) is 0 Å². The molecule has 0 amide bonds. The van der Waals surface area contributed by atoms with Crippen LogP contribution in [0.4, 0.5) is 0 Å². The minimum atomic E-state index is -2.60. The number of rotatable bonds is 5. The molecule has 0 bridgehead atoms. The Morgan fingerprint density at radius 2 is 1.87 bits per heavy atom. The second-order valence-electron chi connectivity index (χ2n) is 2.81. The molecule has 90 valence electrons. The van der Waals surface area contributed by atoms with Gasteiger partial charge in [0.05, 0.1) is 12.6 Å². The monoisotopic (exact) mass is 239 g/mol. The highest BCUT2D eigenvalue weighted by Crippen LogP contribution is 1.82. The zero-order valence-corrected chi connectivity index (χ0v) is 10.1. The molecule has 0 radical (unpaired) electrons. The van der Waals surface area contributed by atoms with Crippen LogP contribution < -0.4 is 9.32 Å². The molecule has 0 aliphatic heterocycles. The first-order valence-electron chi connectivity index (χ1n) is 4.48. The van der Waals surface area contributed by atoms with Gasteiger partial charge in [-0.1, -0.05) is 0 Å². The maximum atomic E-state index is 8.52. The second kappa shape index (κ2) is 13.5. The molecular formula is C8H18ClN3O3. The third kappa shape index (κ3) is 31.7. The van der Waals surface area contributed by atoms with Gasteiger partial charge in [-0.3, -0.25) is 0 Å². The lowest BCUT2D eigenvalue weighted by Gasteiger charge is -2.05. The summed E-state index contributed by atoms with van der Waals surface area (Å²) in [5.74, 6) is 0. The molecule has 0 aromatic rings. The summed E-state index contributed by atoms with van der Waals surface area (Å²) in [5.41, 5.74) is 0. The molecule has 0 aromatic heterocycles. The van der Waals surface area contributed by atoms with E-state index in [9.17, 15) is 0 Å². The highest BCUT2D eigenvalue weighted by atomic mass is 35.6. The summed E-state index contributed by atoms with van der Waals surface area (Å²) in [5, 5.41) is 0. The van der Waals surface area contributed by atoms with Crippen molar-refractivity contribution in [2.45, 2.75) is 13.3 Å². The molecule has 0 fully saturated rings. The van der Waals surface area contributed by atoms with Crippen molar-refractivity contribution in [2.24, 2.45) is 9.98 Å². The minimum Gasteiger partial charge on any atom is -0.321 e. The van der Waals surface area contributed by atoms with Gasteiger partial charge in [0.25, 0.3) is 10.8 Å². The standard InChI is InChI=1S/C8H17N3.ClHO3/c1-4-9-8-10-6-5-7-11(2)3;2-1(3)4/h4-7H2,1-3H3;2H. The molecule has 0 unspecified atom stereocenters. The molecule has 0 spiro atoms. The summed E-state index contributed by atoms with van der Waals surface area (Å²) in [6.07, 6.45) is 1.08. The van der Waals surface area contributed by atoms with Crippen LogP contribution in [0.1, 0.15) is 13.3 Å². The van der Waals surface area contributed by atoms with Crippen molar-refractivity contribution in [3.05, 3.63) is 0 Å². The van der Waals surface area contributed by atoms with Gasteiger partial charge in [-0.2, -0.15) is 0 Å². The van der Waals surface area contributed by atoms with Gasteiger partial charge in [0, 0.05) is 11.2 Å². The Morgan fingerprint density at radius 3 is 2.27 bits per heavy atom. The minimum absolute atomic E-state index is 0.775. The van der Waals surface area contributed by atoms with Gasteiger partial charge in [0.1, 0.15) is 0 Å². The van der Waals surface area contributed by atoms with Crippen LogP contribution in [0.15, 0.2) is 9.98 Å². The maximum Gasteiger partial charge on any atom is 0.282 e. The molecule has 6 nitrogen and oxygen atoms in total. The van der Waals surface area contributed by atoms with E-state index >= 15 is 0 Å². The molecule has 0 aliphatic rings. The predicted octanol–water partition coefficient (Wildman–Crippen LogP) is -1.80.